The van der Waals surface area contributed by atoms with E-state index in [1.54, 1.807) is 6.07 Å². The van der Waals surface area contributed by atoms with Crippen LogP contribution in [-0.4, -0.2) is 24.0 Å². The van der Waals surface area contributed by atoms with Crippen LogP contribution in [0.2, 0.25) is 0 Å². The molecule has 1 heterocycles. The van der Waals surface area contributed by atoms with Gasteiger partial charge in [-0.3, -0.25) is 4.90 Å². The Morgan fingerprint density at radius 2 is 2.22 bits per heavy atom. The Morgan fingerprint density at radius 3 is 2.94 bits per heavy atom. The van der Waals surface area contributed by atoms with E-state index in [1.165, 1.54) is 12.5 Å². The van der Waals surface area contributed by atoms with Gasteiger partial charge < -0.3 is 5.73 Å². The molecule has 0 bridgehead atoms. The first-order valence-electron chi connectivity index (χ1n) is 6.57. The van der Waals surface area contributed by atoms with E-state index >= 15 is 0 Å². The highest BCUT2D eigenvalue weighted by Crippen LogP contribution is 2.24. The Kier molecular flexibility index (Phi) is 4.30. The minimum Gasteiger partial charge on any atom is -0.323 e. The van der Waals surface area contributed by atoms with E-state index in [9.17, 15) is 8.78 Å². The highest BCUT2D eigenvalue weighted by Gasteiger charge is 2.25. The van der Waals surface area contributed by atoms with Crippen molar-refractivity contribution in [3.05, 3.63) is 35.4 Å². The van der Waals surface area contributed by atoms with Gasteiger partial charge in [0.1, 0.15) is 0 Å². The average molecular weight is 254 g/mol. The van der Waals surface area contributed by atoms with Gasteiger partial charge in [-0.05, 0) is 31.9 Å². The van der Waals surface area contributed by atoms with Crippen molar-refractivity contribution in [1.29, 1.82) is 0 Å². The van der Waals surface area contributed by atoms with Crippen LogP contribution in [0.25, 0.3) is 0 Å². The van der Waals surface area contributed by atoms with Crippen LogP contribution in [0, 0.1) is 11.6 Å². The summed E-state index contributed by atoms with van der Waals surface area (Å²) in [6, 6.07) is 4.27. The lowest BCUT2D eigenvalue weighted by Gasteiger charge is -2.26. The second kappa shape index (κ2) is 5.76. The van der Waals surface area contributed by atoms with Gasteiger partial charge in [0, 0.05) is 24.2 Å². The number of hydrogen-bond acceptors (Lipinski definition) is 2. The van der Waals surface area contributed by atoms with Crippen LogP contribution in [0.1, 0.15) is 37.8 Å². The summed E-state index contributed by atoms with van der Waals surface area (Å²) in [5, 5.41) is 0. The predicted molar refractivity (Wildman–Crippen MR) is 68.2 cm³/mol. The zero-order valence-electron chi connectivity index (χ0n) is 10.7. The van der Waals surface area contributed by atoms with Gasteiger partial charge in [-0.25, -0.2) is 8.78 Å². The Morgan fingerprint density at radius 1 is 1.44 bits per heavy atom. The largest absolute Gasteiger partial charge is 0.323 e. The molecular weight excluding hydrogens is 234 g/mol. The molecule has 18 heavy (non-hydrogen) atoms. The fourth-order valence-corrected chi connectivity index (χ4v) is 2.76. The number of benzene rings is 1. The summed E-state index contributed by atoms with van der Waals surface area (Å²) in [5.74, 6) is -1.63. The molecule has 0 aromatic heterocycles. The minimum atomic E-state index is -0.823. The molecule has 2 N–H and O–H groups in total. The lowest BCUT2D eigenvalue weighted by Crippen LogP contribution is -2.36. The van der Waals surface area contributed by atoms with Gasteiger partial charge in [-0.2, -0.15) is 0 Å². The zero-order chi connectivity index (χ0) is 13.1. The van der Waals surface area contributed by atoms with Crippen LogP contribution < -0.4 is 5.73 Å². The maximum absolute atomic E-state index is 13.6. The van der Waals surface area contributed by atoms with Crippen LogP contribution in [0.4, 0.5) is 8.78 Å². The van der Waals surface area contributed by atoms with Crippen molar-refractivity contribution in [2.45, 2.75) is 38.3 Å². The lowest BCUT2D eigenvalue weighted by atomic mass is 10.1. The number of halogens is 2. The van der Waals surface area contributed by atoms with E-state index in [0.29, 0.717) is 12.6 Å². The standard InChI is InChI=1S/C14H20F2N2/c1-2-10-5-4-8-18(10)9-13(17)11-6-3-7-12(15)14(11)16/h3,6-7,10,13H,2,4-5,8-9,17H2,1H3. The fraction of sp³-hybridized carbons (Fsp3) is 0.571. The van der Waals surface area contributed by atoms with Gasteiger partial charge in [-0.15, -0.1) is 0 Å². The Hall–Kier alpha value is -1.00. The molecule has 0 spiro atoms. The fourth-order valence-electron chi connectivity index (χ4n) is 2.76. The smallest absolute Gasteiger partial charge is 0.163 e. The molecule has 1 aliphatic heterocycles. The third kappa shape index (κ3) is 2.70. The van der Waals surface area contributed by atoms with Gasteiger partial charge in [0.05, 0.1) is 0 Å². The van der Waals surface area contributed by atoms with E-state index < -0.39 is 17.7 Å². The third-order valence-corrected chi connectivity index (χ3v) is 3.78. The van der Waals surface area contributed by atoms with E-state index in [2.05, 4.69) is 11.8 Å². The van der Waals surface area contributed by atoms with Crippen molar-refractivity contribution in [3.8, 4) is 0 Å². The molecule has 4 heteroatoms. The van der Waals surface area contributed by atoms with Crippen LogP contribution in [0.5, 0.6) is 0 Å². The quantitative estimate of drug-likeness (QED) is 0.895. The molecule has 100 valence electrons. The monoisotopic (exact) mass is 254 g/mol. The van der Waals surface area contributed by atoms with Gasteiger partial charge in [0.15, 0.2) is 11.6 Å². The molecule has 1 aliphatic rings. The van der Waals surface area contributed by atoms with E-state index in [0.717, 1.165) is 25.5 Å². The van der Waals surface area contributed by atoms with Crippen molar-refractivity contribution >= 4 is 0 Å². The number of likely N-dealkylation sites (tertiary alicyclic amines) is 1. The summed E-state index contributed by atoms with van der Waals surface area (Å²) in [6.45, 7) is 3.75. The topological polar surface area (TPSA) is 29.3 Å². The first-order chi connectivity index (χ1) is 8.63. The SMILES string of the molecule is CCC1CCCN1CC(N)c1cccc(F)c1F. The average Bonchev–Trinajstić information content (AvgIpc) is 2.79. The summed E-state index contributed by atoms with van der Waals surface area (Å²) in [6.07, 6.45) is 3.42. The van der Waals surface area contributed by atoms with E-state index in [4.69, 9.17) is 5.73 Å². The predicted octanol–water partition coefficient (Wildman–Crippen LogP) is 2.84. The Labute approximate surface area is 107 Å². The lowest BCUT2D eigenvalue weighted by molar-refractivity contribution is 0.232. The van der Waals surface area contributed by atoms with Crippen molar-refractivity contribution in [2.75, 3.05) is 13.1 Å². The molecule has 1 saturated heterocycles. The van der Waals surface area contributed by atoms with Gasteiger partial charge in [0.2, 0.25) is 0 Å². The zero-order valence-corrected chi connectivity index (χ0v) is 10.7. The second-order valence-corrected chi connectivity index (χ2v) is 4.95. The van der Waals surface area contributed by atoms with Gasteiger partial charge >= 0.3 is 0 Å². The van der Waals surface area contributed by atoms with Crippen LogP contribution >= 0.6 is 0 Å². The maximum atomic E-state index is 13.6. The second-order valence-electron chi connectivity index (χ2n) is 4.95. The molecule has 0 radical (unpaired) electrons. The van der Waals surface area contributed by atoms with Crippen LogP contribution in [-0.2, 0) is 0 Å². The molecule has 1 fully saturated rings. The summed E-state index contributed by atoms with van der Waals surface area (Å²) < 4.78 is 26.8. The first-order valence-corrected chi connectivity index (χ1v) is 6.57. The molecule has 0 aliphatic carbocycles. The molecule has 2 unspecified atom stereocenters. The molecule has 0 amide bonds. The van der Waals surface area contributed by atoms with Crippen LogP contribution in [0.3, 0.4) is 0 Å². The van der Waals surface area contributed by atoms with Gasteiger partial charge in [0.25, 0.3) is 0 Å². The molecule has 1 aromatic carbocycles. The van der Waals surface area contributed by atoms with E-state index in [1.807, 2.05) is 0 Å². The minimum absolute atomic E-state index is 0.275. The highest BCUT2D eigenvalue weighted by molar-refractivity contribution is 5.22. The number of rotatable bonds is 4. The number of hydrogen-bond donors (Lipinski definition) is 1. The maximum Gasteiger partial charge on any atom is 0.163 e. The van der Waals surface area contributed by atoms with Crippen molar-refractivity contribution in [3.63, 3.8) is 0 Å². The normalized spacial score (nSPS) is 22.3. The molecule has 2 atom stereocenters. The molecule has 1 aromatic rings. The molecule has 0 saturated carbocycles. The summed E-state index contributed by atoms with van der Waals surface area (Å²) in [5.41, 5.74) is 6.29. The molecule has 2 rings (SSSR count). The van der Waals surface area contributed by atoms with Gasteiger partial charge in [-0.1, -0.05) is 19.1 Å². The highest BCUT2D eigenvalue weighted by atomic mass is 19.2. The molecular formula is C14H20F2N2. The molecule has 2 nitrogen and oxygen atoms in total. The number of nitrogens with zero attached hydrogens (tertiary/aromatic N) is 1. The third-order valence-electron chi connectivity index (χ3n) is 3.78. The Bertz CT molecular complexity index is 409. The number of nitrogens with two attached hydrogens (primary N) is 1. The summed E-state index contributed by atoms with van der Waals surface area (Å²) in [7, 11) is 0. The summed E-state index contributed by atoms with van der Waals surface area (Å²) in [4.78, 5) is 2.29. The first kappa shape index (κ1) is 13.4. The Balaban J connectivity index is 2.07. The van der Waals surface area contributed by atoms with Crippen LogP contribution in [0.15, 0.2) is 18.2 Å². The summed E-state index contributed by atoms with van der Waals surface area (Å²) >= 11 is 0. The van der Waals surface area contributed by atoms with Crippen molar-refractivity contribution in [1.82, 2.24) is 4.90 Å². The van der Waals surface area contributed by atoms with E-state index in [-0.39, 0.29) is 5.56 Å². The van der Waals surface area contributed by atoms with Crippen molar-refractivity contribution < 1.29 is 8.78 Å². The van der Waals surface area contributed by atoms with Crippen molar-refractivity contribution in [2.24, 2.45) is 5.73 Å².